The van der Waals surface area contributed by atoms with Gasteiger partial charge in [-0.1, -0.05) is 29.3 Å². The van der Waals surface area contributed by atoms with Gasteiger partial charge in [0.25, 0.3) is 5.91 Å². The molecular formula is C19H16Cl2FN3OS. The van der Waals surface area contributed by atoms with Gasteiger partial charge in [0.2, 0.25) is 0 Å². The maximum Gasteiger partial charge on any atom is 0.254 e. The van der Waals surface area contributed by atoms with Gasteiger partial charge in [-0.2, -0.15) is 5.10 Å². The first-order chi connectivity index (χ1) is 13.0. The first kappa shape index (κ1) is 18.5. The summed E-state index contributed by atoms with van der Waals surface area (Å²) in [6.45, 7) is 0.677. The number of nitrogens with zero attached hydrogens (tertiary/aromatic N) is 2. The number of amides is 1. The van der Waals surface area contributed by atoms with E-state index in [1.807, 2.05) is 11.4 Å². The van der Waals surface area contributed by atoms with Crippen molar-refractivity contribution in [1.82, 2.24) is 15.1 Å². The third-order valence-electron chi connectivity index (χ3n) is 4.89. The highest BCUT2D eigenvalue weighted by Crippen LogP contribution is 2.41. The van der Waals surface area contributed by atoms with Crippen LogP contribution in [0.15, 0.2) is 42.0 Å². The molecule has 1 saturated heterocycles. The molecular weight excluding hydrogens is 408 g/mol. The molecule has 3 heterocycles. The Balaban J connectivity index is 1.46. The third kappa shape index (κ3) is 3.61. The lowest BCUT2D eigenvalue weighted by Gasteiger charge is -2.37. The number of carbonyl (C=O) groups excluding carboxylic acids is 1. The number of benzene rings is 1. The van der Waals surface area contributed by atoms with Crippen LogP contribution in [0, 0.1) is 0 Å². The van der Waals surface area contributed by atoms with Crippen LogP contribution < -0.4 is 0 Å². The molecule has 1 N–H and O–H groups in total. The van der Waals surface area contributed by atoms with Crippen molar-refractivity contribution in [3.63, 3.8) is 0 Å². The van der Waals surface area contributed by atoms with Gasteiger partial charge in [-0.05, 0) is 18.2 Å². The molecule has 1 aliphatic heterocycles. The lowest BCUT2D eigenvalue weighted by Crippen LogP contribution is -2.43. The average Bonchev–Trinajstić information content (AvgIpc) is 3.33. The van der Waals surface area contributed by atoms with E-state index in [0.29, 0.717) is 34.3 Å². The second kappa shape index (κ2) is 7.26. The molecule has 0 aliphatic carbocycles. The monoisotopic (exact) mass is 423 g/mol. The van der Waals surface area contributed by atoms with Crippen molar-refractivity contribution in [3.8, 4) is 10.4 Å². The molecule has 0 saturated carbocycles. The molecule has 8 heteroatoms. The van der Waals surface area contributed by atoms with E-state index in [1.54, 1.807) is 35.5 Å². The number of halogens is 3. The number of likely N-dealkylation sites (tertiary alicyclic amines) is 1. The summed E-state index contributed by atoms with van der Waals surface area (Å²) in [6.07, 6.45) is 3.92. The zero-order valence-electron chi connectivity index (χ0n) is 14.2. The molecule has 4 nitrogen and oxygen atoms in total. The zero-order valence-corrected chi connectivity index (χ0v) is 16.5. The minimum absolute atomic E-state index is 0.0785. The fourth-order valence-corrected chi connectivity index (χ4v) is 4.80. The third-order valence-corrected chi connectivity index (χ3v) is 6.41. The van der Waals surface area contributed by atoms with Crippen molar-refractivity contribution < 1.29 is 9.18 Å². The molecule has 140 valence electrons. The quantitative estimate of drug-likeness (QED) is 0.600. The number of carbonyl (C=O) groups is 1. The van der Waals surface area contributed by atoms with Crippen molar-refractivity contribution in [2.75, 3.05) is 13.1 Å². The molecule has 0 radical (unpaired) electrons. The second-order valence-electron chi connectivity index (χ2n) is 6.57. The summed E-state index contributed by atoms with van der Waals surface area (Å²) in [6, 6.07) is 6.69. The minimum atomic E-state index is -1.55. The molecule has 0 spiro atoms. The van der Waals surface area contributed by atoms with Crippen LogP contribution in [-0.4, -0.2) is 34.1 Å². The maximum atomic E-state index is 15.5. The van der Waals surface area contributed by atoms with Crippen LogP contribution in [-0.2, 0) is 5.67 Å². The van der Waals surface area contributed by atoms with E-state index in [4.69, 9.17) is 23.2 Å². The molecule has 1 fully saturated rings. The molecule has 4 rings (SSSR count). The van der Waals surface area contributed by atoms with Gasteiger partial charge in [0.1, 0.15) is 5.67 Å². The van der Waals surface area contributed by atoms with Gasteiger partial charge in [-0.15, -0.1) is 11.3 Å². The number of rotatable bonds is 3. The summed E-state index contributed by atoms with van der Waals surface area (Å²) in [7, 11) is 0. The van der Waals surface area contributed by atoms with Gasteiger partial charge in [0, 0.05) is 63.6 Å². The Morgan fingerprint density at radius 3 is 2.70 bits per heavy atom. The van der Waals surface area contributed by atoms with Crippen LogP contribution in [0.4, 0.5) is 4.39 Å². The predicted octanol–water partition coefficient (Wildman–Crippen LogP) is 5.55. The van der Waals surface area contributed by atoms with Gasteiger partial charge in [0.05, 0.1) is 11.8 Å². The van der Waals surface area contributed by atoms with Gasteiger partial charge in [-0.3, -0.25) is 9.89 Å². The van der Waals surface area contributed by atoms with Crippen LogP contribution in [0.5, 0.6) is 0 Å². The number of piperidine rings is 1. The number of aromatic amines is 1. The summed E-state index contributed by atoms with van der Waals surface area (Å²) in [4.78, 5) is 15.5. The first-order valence-electron chi connectivity index (χ1n) is 8.48. The number of thiophene rings is 1. The molecule has 1 aromatic carbocycles. The average molecular weight is 424 g/mol. The highest BCUT2D eigenvalue weighted by Gasteiger charge is 2.39. The predicted molar refractivity (Wildman–Crippen MR) is 106 cm³/mol. The van der Waals surface area contributed by atoms with Crippen molar-refractivity contribution in [3.05, 3.63) is 63.2 Å². The fourth-order valence-electron chi connectivity index (χ4n) is 3.35. The van der Waals surface area contributed by atoms with Crippen molar-refractivity contribution in [1.29, 1.82) is 0 Å². The van der Waals surface area contributed by atoms with Crippen LogP contribution in [0.1, 0.15) is 28.8 Å². The van der Waals surface area contributed by atoms with E-state index in [2.05, 4.69) is 10.2 Å². The largest absolute Gasteiger partial charge is 0.338 e. The Hall–Kier alpha value is -1.89. The van der Waals surface area contributed by atoms with E-state index < -0.39 is 5.67 Å². The molecule has 1 aliphatic rings. The summed E-state index contributed by atoms with van der Waals surface area (Å²) < 4.78 is 15.5. The van der Waals surface area contributed by atoms with Crippen LogP contribution in [0.25, 0.3) is 10.4 Å². The van der Waals surface area contributed by atoms with Gasteiger partial charge in [0.15, 0.2) is 0 Å². The fraction of sp³-hybridized carbons (Fsp3) is 0.263. The van der Waals surface area contributed by atoms with Crippen molar-refractivity contribution >= 4 is 40.4 Å². The highest BCUT2D eigenvalue weighted by molar-refractivity contribution is 7.13. The van der Waals surface area contributed by atoms with Gasteiger partial charge >= 0.3 is 0 Å². The second-order valence-corrected chi connectivity index (χ2v) is 8.32. The van der Waals surface area contributed by atoms with Crippen LogP contribution in [0.2, 0.25) is 10.0 Å². The van der Waals surface area contributed by atoms with Gasteiger partial charge < -0.3 is 4.90 Å². The molecule has 1 amide bonds. The molecule has 2 aromatic heterocycles. The van der Waals surface area contributed by atoms with E-state index >= 15 is 4.39 Å². The summed E-state index contributed by atoms with van der Waals surface area (Å²) in [5.41, 5.74) is 0.457. The number of alkyl halides is 1. The molecule has 0 unspecified atom stereocenters. The summed E-state index contributed by atoms with van der Waals surface area (Å²) in [5, 5.41) is 9.32. The number of aromatic nitrogens is 2. The van der Waals surface area contributed by atoms with Crippen molar-refractivity contribution in [2.45, 2.75) is 18.5 Å². The number of hydrogen-bond donors (Lipinski definition) is 1. The van der Waals surface area contributed by atoms with E-state index in [1.165, 1.54) is 11.3 Å². The van der Waals surface area contributed by atoms with E-state index in [-0.39, 0.29) is 18.7 Å². The lowest BCUT2D eigenvalue weighted by atomic mass is 9.86. The topological polar surface area (TPSA) is 49.0 Å². The van der Waals surface area contributed by atoms with Crippen LogP contribution in [0.3, 0.4) is 0 Å². The minimum Gasteiger partial charge on any atom is -0.338 e. The number of nitrogens with one attached hydrogen (secondary N) is 1. The first-order valence-corrected chi connectivity index (χ1v) is 10.1. The van der Waals surface area contributed by atoms with Crippen molar-refractivity contribution in [2.24, 2.45) is 0 Å². The number of hydrogen-bond acceptors (Lipinski definition) is 3. The highest BCUT2D eigenvalue weighted by atomic mass is 35.5. The van der Waals surface area contributed by atoms with E-state index in [0.717, 1.165) is 10.4 Å². The van der Waals surface area contributed by atoms with Gasteiger partial charge in [-0.25, -0.2) is 4.39 Å². The normalized spacial score (nSPS) is 16.5. The SMILES string of the molecule is O=C(c1csc(-c2cn[nH]c2)c1)N1CCC(F)(c2ccc(Cl)cc2Cl)CC1. The van der Waals surface area contributed by atoms with Crippen LogP contribution >= 0.6 is 34.5 Å². The maximum absolute atomic E-state index is 15.5. The van der Waals surface area contributed by atoms with E-state index in [9.17, 15) is 4.79 Å². The molecule has 0 atom stereocenters. The Morgan fingerprint density at radius 2 is 2.04 bits per heavy atom. The number of H-pyrrole nitrogens is 1. The molecule has 3 aromatic rings. The molecule has 0 bridgehead atoms. The standard InChI is InChI=1S/C19H16Cl2FN3OS/c20-14-1-2-15(16(21)8-14)19(22)3-5-25(6-4-19)18(26)12-7-17(27-11-12)13-9-23-24-10-13/h1-2,7-11H,3-6H2,(H,23,24). The summed E-state index contributed by atoms with van der Waals surface area (Å²) >= 11 is 13.6. The summed E-state index contributed by atoms with van der Waals surface area (Å²) in [5.74, 6) is -0.0785. The Bertz CT molecular complexity index is 965. The lowest BCUT2D eigenvalue weighted by molar-refractivity contribution is 0.0422. The Kier molecular flexibility index (Phi) is 4.97. The Morgan fingerprint density at radius 1 is 1.26 bits per heavy atom. The smallest absolute Gasteiger partial charge is 0.254 e. The Labute approximate surface area is 169 Å². The molecule has 27 heavy (non-hydrogen) atoms. The zero-order chi connectivity index (χ0) is 19.0.